The molecule has 0 rings (SSSR count). The van der Waals surface area contributed by atoms with Gasteiger partial charge in [-0.05, 0) is 0 Å². The topological polar surface area (TPSA) is 0 Å². The molecule has 0 saturated carbocycles. The van der Waals surface area contributed by atoms with Crippen LogP contribution in [0.2, 0.25) is 0 Å². The molecule has 0 aliphatic rings. The van der Waals surface area contributed by atoms with Crippen molar-refractivity contribution in [1.29, 1.82) is 0 Å². The van der Waals surface area contributed by atoms with E-state index in [1.54, 1.807) is 0 Å². The maximum atomic E-state index is 0. The monoisotopic (exact) mass is 184 g/mol. The first-order valence-corrected chi connectivity index (χ1v) is 0. The molecule has 0 aromatic heterocycles. The zero-order valence-corrected chi connectivity index (χ0v) is 8.57. The minimum Gasteiger partial charge on any atom is -1.00 e. The maximum Gasteiger partial charge on any atom is 2.00 e. The Hall–Kier alpha value is 2.83. The molecule has 0 bridgehead atoms. The number of hydrogen-bond donors (Lipinski definition) is 0. The summed E-state index contributed by atoms with van der Waals surface area (Å²) in [5.41, 5.74) is 0. The minimum atomic E-state index is 0. The van der Waals surface area contributed by atoms with Gasteiger partial charge in [0.2, 0.25) is 0 Å². The summed E-state index contributed by atoms with van der Waals surface area (Å²) < 4.78 is 0. The molecule has 0 aliphatic carbocycles. The molecule has 0 spiro atoms. The van der Waals surface area contributed by atoms with Gasteiger partial charge in [-0.15, -0.1) is 0 Å². The van der Waals surface area contributed by atoms with Gasteiger partial charge >= 0.3 is 68.5 Å². The number of halogens is 2. The standard InChI is InChI=1S/2ClH.Mg.Sr.2H/h2*1H;;;;/q;;2*+2;2*-1/p-2. The van der Waals surface area contributed by atoms with Crippen molar-refractivity contribution < 1.29 is 27.7 Å². The van der Waals surface area contributed by atoms with E-state index in [4.69, 9.17) is 0 Å². The molecule has 4 heteroatoms. The van der Waals surface area contributed by atoms with Crippen LogP contribution < -0.4 is 24.8 Å². The molecule has 0 heterocycles. The van der Waals surface area contributed by atoms with Crippen LogP contribution in [0.25, 0.3) is 0 Å². The fourth-order valence-corrected chi connectivity index (χ4v) is 0. The van der Waals surface area contributed by atoms with Crippen molar-refractivity contribution in [2.45, 2.75) is 0 Å². The van der Waals surface area contributed by atoms with E-state index in [0.29, 0.717) is 0 Å². The van der Waals surface area contributed by atoms with E-state index in [1.807, 2.05) is 0 Å². The predicted octanol–water partition coefficient (Wildman–Crippen LogP) is -6.53. The third-order valence-electron chi connectivity index (χ3n) is 0. The van der Waals surface area contributed by atoms with E-state index in [9.17, 15) is 0 Å². The van der Waals surface area contributed by atoms with Crippen molar-refractivity contribution in [2.75, 3.05) is 0 Å². The van der Waals surface area contributed by atoms with Crippen LogP contribution in [0.1, 0.15) is 2.85 Å². The van der Waals surface area contributed by atoms with Crippen LogP contribution in [0.15, 0.2) is 0 Å². The van der Waals surface area contributed by atoms with Crippen molar-refractivity contribution in [2.24, 2.45) is 0 Å². The Kier molecular flexibility index (Phi) is 123. The van der Waals surface area contributed by atoms with Crippen LogP contribution >= 0.6 is 0 Å². The first-order valence-electron chi connectivity index (χ1n) is 0. The zero-order chi connectivity index (χ0) is 0. The van der Waals surface area contributed by atoms with E-state index in [0.717, 1.165) is 0 Å². The Labute approximate surface area is 94.3 Å². The van der Waals surface area contributed by atoms with Gasteiger partial charge in [0.1, 0.15) is 0 Å². The summed E-state index contributed by atoms with van der Waals surface area (Å²) in [5, 5.41) is 0. The molecule has 4 heavy (non-hydrogen) atoms. The van der Waals surface area contributed by atoms with Crippen LogP contribution in [0, 0.1) is 0 Å². The molecule has 0 amide bonds. The summed E-state index contributed by atoms with van der Waals surface area (Å²) in [5.74, 6) is 0. The largest absolute Gasteiger partial charge is 2.00 e. The molecule has 0 nitrogen and oxygen atoms in total. The van der Waals surface area contributed by atoms with Gasteiger partial charge < -0.3 is 27.7 Å². The van der Waals surface area contributed by atoms with Crippen molar-refractivity contribution in [3.8, 4) is 0 Å². The van der Waals surface area contributed by atoms with Crippen LogP contribution in [0.4, 0.5) is 0 Å². The van der Waals surface area contributed by atoms with Gasteiger partial charge in [-0.25, -0.2) is 0 Å². The zero-order valence-electron chi connectivity index (χ0n) is 4.17. The quantitative estimate of drug-likeness (QED) is 0.329. The van der Waals surface area contributed by atoms with Crippen molar-refractivity contribution in [3.63, 3.8) is 0 Å². The molecule has 20 valence electrons. The molecule has 0 aromatic carbocycles. The Morgan fingerprint density at radius 1 is 1.00 bits per heavy atom. The van der Waals surface area contributed by atoms with Gasteiger partial charge in [-0.2, -0.15) is 0 Å². The molecule has 0 N–H and O–H groups in total. The van der Waals surface area contributed by atoms with Gasteiger partial charge in [-0.3, -0.25) is 0 Å². The number of rotatable bonds is 0. The third-order valence-corrected chi connectivity index (χ3v) is 0. The normalized spacial score (nSPS) is 0. The summed E-state index contributed by atoms with van der Waals surface area (Å²) in [4.78, 5) is 0. The second-order valence-corrected chi connectivity index (χ2v) is 0. The van der Waals surface area contributed by atoms with E-state index in [-0.39, 0.29) is 96.2 Å². The molecule has 0 aromatic rings. The third kappa shape index (κ3) is 8.85. The summed E-state index contributed by atoms with van der Waals surface area (Å²) in [6.45, 7) is 0. The van der Waals surface area contributed by atoms with Gasteiger partial charge in [0, 0.05) is 0 Å². The first kappa shape index (κ1) is 29.0. The van der Waals surface area contributed by atoms with Gasteiger partial charge in [0.15, 0.2) is 0 Å². The summed E-state index contributed by atoms with van der Waals surface area (Å²) >= 11 is 0. The first-order chi connectivity index (χ1) is 0. The van der Waals surface area contributed by atoms with Crippen molar-refractivity contribution in [1.82, 2.24) is 0 Å². The molecule has 0 radical (unpaired) electrons. The molecule has 0 saturated heterocycles. The fourth-order valence-electron chi connectivity index (χ4n) is 0. The number of hydrogen-bond acceptors (Lipinski definition) is 0. The Morgan fingerprint density at radius 2 is 1.00 bits per heavy atom. The van der Waals surface area contributed by atoms with E-state index in [2.05, 4.69) is 0 Å². The average molecular weight is 185 g/mol. The van der Waals surface area contributed by atoms with E-state index >= 15 is 0 Å². The Morgan fingerprint density at radius 3 is 1.00 bits per heavy atom. The minimum absolute atomic E-state index is 0. The molecule has 0 atom stereocenters. The fraction of sp³-hybridized carbons (Fsp3) is 0. The van der Waals surface area contributed by atoms with E-state index < -0.39 is 0 Å². The SMILES string of the molecule is [Cl-].[Cl-].[H-].[H-].[Mg+2].[Sr+2]. The Bertz CT molecular complexity index is 11.5. The van der Waals surface area contributed by atoms with Gasteiger partial charge in [0.25, 0.3) is 0 Å². The van der Waals surface area contributed by atoms with Gasteiger partial charge in [0.05, 0.1) is 0 Å². The van der Waals surface area contributed by atoms with Crippen LogP contribution in [0.3, 0.4) is 0 Å². The summed E-state index contributed by atoms with van der Waals surface area (Å²) in [6.07, 6.45) is 0. The van der Waals surface area contributed by atoms with Crippen LogP contribution in [-0.2, 0) is 0 Å². The van der Waals surface area contributed by atoms with Gasteiger partial charge in [-0.1, -0.05) is 0 Å². The van der Waals surface area contributed by atoms with Crippen molar-refractivity contribution in [3.05, 3.63) is 0 Å². The van der Waals surface area contributed by atoms with Crippen molar-refractivity contribution >= 4 is 68.5 Å². The molecular formula is H2Cl2MgSr. The average Bonchev–Trinajstić information content (AvgIpc) is 0. The maximum absolute atomic E-state index is 0. The molecule has 0 unspecified atom stereocenters. The van der Waals surface area contributed by atoms with Crippen LogP contribution in [0.5, 0.6) is 0 Å². The molecule has 0 fully saturated rings. The molecular weight excluding hydrogens is 183 g/mol. The smallest absolute Gasteiger partial charge is 1.00 e. The summed E-state index contributed by atoms with van der Waals surface area (Å²) in [6, 6.07) is 0. The second-order valence-electron chi connectivity index (χ2n) is 0. The summed E-state index contributed by atoms with van der Waals surface area (Å²) in [7, 11) is 0. The second kappa shape index (κ2) is 17.0. The van der Waals surface area contributed by atoms with E-state index in [1.165, 1.54) is 0 Å². The predicted molar refractivity (Wildman–Crippen MR) is 13.7 cm³/mol. The Balaban J connectivity index is 0. The van der Waals surface area contributed by atoms with Crippen LogP contribution in [-0.4, -0.2) is 68.5 Å². The molecule has 0 aliphatic heterocycles.